The summed E-state index contributed by atoms with van der Waals surface area (Å²) < 4.78 is 4.62. The molecule has 0 atom stereocenters. The molecule has 20 heavy (non-hydrogen) atoms. The molecular weight excluding hydrogens is 256 g/mol. The van der Waals surface area contributed by atoms with Crippen LogP contribution >= 0.6 is 0 Å². The van der Waals surface area contributed by atoms with E-state index < -0.39 is 0 Å². The van der Waals surface area contributed by atoms with Crippen LogP contribution in [0.3, 0.4) is 0 Å². The molecular formula is C15H20N2O3. The maximum Gasteiger partial charge on any atom is 0.337 e. The summed E-state index contributed by atoms with van der Waals surface area (Å²) in [5.41, 5.74) is 6.99. The maximum atomic E-state index is 12.1. The number of benzene rings is 1. The summed E-state index contributed by atoms with van der Waals surface area (Å²) in [6.45, 7) is 0. The van der Waals surface area contributed by atoms with Crippen LogP contribution in [0.5, 0.6) is 0 Å². The van der Waals surface area contributed by atoms with Crippen molar-refractivity contribution in [3.05, 3.63) is 29.8 Å². The number of hydrogen-bond donors (Lipinski definition) is 2. The molecule has 5 nitrogen and oxygen atoms in total. The van der Waals surface area contributed by atoms with Crippen molar-refractivity contribution in [2.75, 3.05) is 12.4 Å². The van der Waals surface area contributed by atoms with Crippen molar-refractivity contribution < 1.29 is 14.3 Å². The predicted molar refractivity (Wildman–Crippen MR) is 76.3 cm³/mol. The van der Waals surface area contributed by atoms with Crippen molar-refractivity contribution in [2.24, 2.45) is 11.7 Å². The van der Waals surface area contributed by atoms with Crippen molar-refractivity contribution in [3.8, 4) is 0 Å². The van der Waals surface area contributed by atoms with Crippen molar-refractivity contribution in [1.29, 1.82) is 0 Å². The van der Waals surface area contributed by atoms with Gasteiger partial charge in [-0.2, -0.15) is 0 Å². The van der Waals surface area contributed by atoms with E-state index in [4.69, 9.17) is 5.73 Å². The first-order valence-corrected chi connectivity index (χ1v) is 6.85. The lowest BCUT2D eigenvalue weighted by Gasteiger charge is -2.25. The normalized spacial score (nSPS) is 22.1. The molecule has 1 aliphatic rings. The molecule has 0 aromatic heterocycles. The van der Waals surface area contributed by atoms with E-state index in [1.807, 2.05) is 0 Å². The molecule has 108 valence electrons. The topological polar surface area (TPSA) is 81.4 Å². The van der Waals surface area contributed by atoms with Gasteiger partial charge in [0.2, 0.25) is 5.91 Å². The van der Waals surface area contributed by atoms with Crippen LogP contribution in [0.4, 0.5) is 5.69 Å². The number of hydrogen-bond acceptors (Lipinski definition) is 4. The Morgan fingerprint density at radius 2 is 1.75 bits per heavy atom. The molecule has 0 bridgehead atoms. The third kappa shape index (κ3) is 3.57. The minimum Gasteiger partial charge on any atom is -0.465 e. The molecule has 1 aromatic rings. The summed E-state index contributed by atoms with van der Waals surface area (Å²) in [5.74, 6) is -0.318. The van der Waals surface area contributed by atoms with Crippen LogP contribution in [0, 0.1) is 5.92 Å². The standard InChI is InChI=1S/C15H20N2O3/c1-20-15(19)11-4-8-13(9-5-11)17-14(18)10-2-6-12(16)7-3-10/h4-5,8-10,12H,2-3,6-7,16H2,1H3,(H,17,18). The summed E-state index contributed by atoms with van der Waals surface area (Å²) in [5, 5.41) is 2.88. The zero-order valence-corrected chi connectivity index (χ0v) is 11.6. The lowest BCUT2D eigenvalue weighted by Crippen LogP contribution is -2.32. The van der Waals surface area contributed by atoms with Crippen LogP contribution in [0.25, 0.3) is 0 Å². The van der Waals surface area contributed by atoms with E-state index in [-0.39, 0.29) is 23.8 Å². The highest BCUT2D eigenvalue weighted by Gasteiger charge is 2.24. The Morgan fingerprint density at radius 1 is 1.15 bits per heavy atom. The van der Waals surface area contributed by atoms with Gasteiger partial charge < -0.3 is 15.8 Å². The molecule has 1 aromatic carbocycles. The third-order valence-electron chi connectivity index (χ3n) is 3.72. The quantitative estimate of drug-likeness (QED) is 0.826. The first-order valence-electron chi connectivity index (χ1n) is 6.85. The van der Waals surface area contributed by atoms with Crippen LogP contribution in [-0.2, 0) is 9.53 Å². The molecule has 0 heterocycles. The number of methoxy groups -OCH3 is 1. The molecule has 1 fully saturated rings. The first-order chi connectivity index (χ1) is 9.60. The van der Waals surface area contributed by atoms with E-state index in [1.165, 1.54) is 7.11 Å². The van der Waals surface area contributed by atoms with Gasteiger partial charge in [-0.15, -0.1) is 0 Å². The zero-order chi connectivity index (χ0) is 14.5. The number of carbonyl (C=O) groups excluding carboxylic acids is 2. The highest BCUT2D eigenvalue weighted by atomic mass is 16.5. The summed E-state index contributed by atoms with van der Waals surface area (Å²) in [4.78, 5) is 23.4. The van der Waals surface area contributed by atoms with Gasteiger partial charge in [0.1, 0.15) is 0 Å². The van der Waals surface area contributed by atoms with Crippen LogP contribution in [0.15, 0.2) is 24.3 Å². The van der Waals surface area contributed by atoms with Gasteiger partial charge in [0, 0.05) is 17.6 Å². The summed E-state index contributed by atoms with van der Waals surface area (Å²) in [7, 11) is 1.34. The number of nitrogens with two attached hydrogens (primary N) is 1. The number of anilines is 1. The van der Waals surface area contributed by atoms with Gasteiger partial charge in [-0.05, 0) is 49.9 Å². The van der Waals surface area contributed by atoms with Crippen LogP contribution in [-0.4, -0.2) is 25.0 Å². The average molecular weight is 276 g/mol. The summed E-state index contributed by atoms with van der Waals surface area (Å²) >= 11 is 0. The Balaban J connectivity index is 1.92. The number of carbonyl (C=O) groups is 2. The highest BCUT2D eigenvalue weighted by molar-refractivity contribution is 5.94. The Bertz CT molecular complexity index is 476. The van der Waals surface area contributed by atoms with E-state index in [2.05, 4.69) is 10.1 Å². The van der Waals surface area contributed by atoms with Gasteiger partial charge in [-0.3, -0.25) is 4.79 Å². The lowest BCUT2D eigenvalue weighted by molar-refractivity contribution is -0.120. The minimum absolute atomic E-state index is 0.0303. The Kier molecular flexibility index (Phi) is 4.74. The summed E-state index contributed by atoms with van der Waals surface area (Å²) in [6.07, 6.45) is 3.49. The fourth-order valence-corrected chi connectivity index (χ4v) is 2.43. The second kappa shape index (κ2) is 6.52. The SMILES string of the molecule is COC(=O)c1ccc(NC(=O)C2CCC(N)CC2)cc1. The Hall–Kier alpha value is -1.88. The molecule has 1 aliphatic carbocycles. The predicted octanol–water partition coefficient (Wildman–Crippen LogP) is 1.93. The van der Waals surface area contributed by atoms with Gasteiger partial charge in [0.05, 0.1) is 12.7 Å². The molecule has 2 rings (SSSR count). The van der Waals surface area contributed by atoms with Gasteiger partial charge in [0.15, 0.2) is 0 Å². The van der Waals surface area contributed by atoms with Crippen molar-refractivity contribution >= 4 is 17.6 Å². The van der Waals surface area contributed by atoms with E-state index in [0.29, 0.717) is 11.3 Å². The van der Waals surface area contributed by atoms with E-state index in [1.54, 1.807) is 24.3 Å². The monoisotopic (exact) mass is 276 g/mol. The Morgan fingerprint density at radius 3 is 2.30 bits per heavy atom. The molecule has 0 radical (unpaired) electrons. The third-order valence-corrected chi connectivity index (χ3v) is 3.72. The fourth-order valence-electron chi connectivity index (χ4n) is 2.43. The van der Waals surface area contributed by atoms with Gasteiger partial charge in [-0.1, -0.05) is 0 Å². The smallest absolute Gasteiger partial charge is 0.337 e. The van der Waals surface area contributed by atoms with Crippen molar-refractivity contribution in [3.63, 3.8) is 0 Å². The van der Waals surface area contributed by atoms with Crippen LogP contribution in [0.2, 0.25) is 0 Å². The van der Waals surface area contributed by atoms with Gasteiger partial charge in [-0.25, -0.2) is 4.79 Å². The number of ether oxygens (including phenoxy) is 1. The second-order valence-electron chi connectivity index (χ2n) is 5.17. The zero-order valence-electron chi connectivity index (χ0n) is 11.6. The van der Waals surface area contributed by atoms with Crippen molar-refractivity contribution in [1.82, 2.24) is 0 Å². The molecule has 0 spiro atoms. The highest BCUT2D eigenvalue weighted by Crippen LogP contribution is 2.24. The number of amides is 1. The van der Waals surface area contributed by atoms with Crippen molar-refractivity contribution in [2.45, 2.75) is 31.7 Å². The molecule has 5 heteroatoms. The van der Waals surface area contributed by atoms with Gasteiger partial charge in [0.25, 0.3) is 0 Å². The van der Waals surface area contributed by atoms with E-state index in [9.17, 15) is 9.59 Å². The Labute approximate surface area is 118 Å². The van der Waals surface area contributed by atoms with E-state index in [0.717, 1.165) is 25.7 Å². The number of rotatable bonds is 3. The largest absolute Gasteiger partial charge is 0.465 e. The second-order valence-corrected chi connectivity index (χ2v) is 5.17. The fraction of sp³-hybridized carbons (Fsp3) is 0.467. The maximum absolute atomic E-state index is 12.1. The number of esters is 1. The van der Waals surface area contributed by atoms with Crippen LogP contribution in [0.1, 0.15) is 36.0 Å². The van der Waals surface area contributed by atoms with Crippen LogP contribution < -0.4 is 11.1 Å². The molecule has 0 aliphatic heterocycles. The molecule has 3 N–H and O–H groups in total. The van der Waals surface area contributed by atoms with E-state index >= 15 is 0 Å². The first kappa shape index (κ1) is 14.5. The molecule has 0 unspecified atom stereocenters. The molecule has 1 amide bonds. The lowest BCUT2D eigenvalue weighted by atomic mass is 9.86. The number of nitrogens with one attached hydrogen (secondary N) is 1. The average Bonchev–Trinajstić information content (AvgIpc) is 2.48. The minimum atomic E-state index is -0.385. The van der Waals surface area contributed by atoms with Gasteiger partial charge >= 0.3 is 5.97 Å². The molecule has 1 saturated carbocycles. The molecule has 0 saturated heterocycles. The summed E-state index contributed by atoms with van der Waals surface area (Å²) in [6, 6.07) is 6.92.